The number of aryl methyl sites for hydroxylation is 2. The van der Waals surface area contributed by atoms with E-state index in [1.165, 1.54) is 6.26 Å². The molecule has 0 atom stereocenters. The number of hydrogen-bond acceptors (Lipinski definition) is 3. The fourth-order valence-corrected chi connectivity index (χ4v) is 2.28. The number of anilines is 1. The summed E-state index contributed by atoms with van der Waals surface area (Å²) in [5.74, 6) is -0.471. The zero-order valence-electron chi connectivity index (χ0n) is 11.7. The Bertz CT molecular complexity index is 679. The van der Waals surface area contributed by atoms with Gasteiger partial charge in [0.15, 0.2) is 5.76 Å². The van der Waals surface area contributed by atoms with E-state index in [0.717, 1.165) is 15.6 Å². The molecule has 0 fully saturated rings. The Morgan fingerprint density at radius 1 is 1.19 bits per heavy atom. The molecule has 5 nitrogen and oxygen atoms in total. The van der Waals surface area contributed by atoms with Gasteiger partial charge >= 0.3 is 0 Å². The molecule has 2 aromatic rings. The zero-order valence-corrected chi connectivity index (χ0v) is 13.3. The van der Waals surface area contributed by atoms with Crippen molar-refractivity contribution in [2.24, 2.45) is 0 Å². The average molecular weight is 351 g/mol. The van der Waals surface area contributed by atoms with Crippen LogP contribution in [0.25, 0.3) is 0 Å². The van der Waals surface area contributed by atoms with E-state index in [9.17, 15) is 9.59 Å². The Morgan fingerprint density at radius 2 is 1.95 bits per heavy atom. The fourth-order valence-electron chi connectivity index (χ4n) is 1.81. The van der Waals surface area contributed by atoms with Gasteiger partial charge in [0.1, 0.15) is 0 Å². The van der Waals surface area contributed by atoms with Crippen molar-refractivity contribution in [3.63, 3.8) is 0 Å². The molecule has 0 aliphatic heterocycles. The van der Waals surface area contributed by atoms with E-state index in [-0.39, 0.29) is 18.2 Å². The summed E-state index contributed by atoms with van der Waals surface area (Å²) in [7, 11) is 0. The van der Waals surface area contributed by atoms with Crippen LogP contribution in [0.5, 0.6) is 0 Å². The van der Waals surface area contributed by atoms with Crippen LogP contribution < -0.4 is 10.6 Å². The summed E-state index contributed by atoms with van der Waals surface area (Å²) in [6, 6.07) is 7.24. The fraction of sp³-hybridized carbons (Fsp3) is 0.200. The second kappa shape index (κ2) is 6.58. The highest BCUT2D eigenvalue weighted by molar-refractivity contribution is 9.10. The van der Waals surface area contributed by atoms with Crippen molar-refractivity contribution in [3.8, 4) is 0 Å². The Kier molecular flexibility index (Phi) is 4.80. The van der Waals surface area contributed by atoms with Crippen LogP contribution >= 0.6 is 15.9 Å². The van der Waals surface area contributed by atoms with Gasteiger partial charge in [0.2, 0.25) is 5.91 Å². The lowest BCUT2D eigenvalue weighted by Crippen LogP contribution is -2.33. The molecule has 1 heterocycles. The van der Waals surface area contributed by atoms with Crippen LogP contribution in [-0.2, 0) is 4.79 Å². The van der Waals surface area contributed by atoms with Crippen molar-refractivity contribution in [1.29, 1.82) is 0 Å². The third-order valence-electron chi connectivity index (χ3n) is 2.94. The molecule has 21 heavy (non-hydrogen) atoms. The summed E-state index contributed by atoms with van der Waals surface area (Å²) in [6.07, 6.45) is 1.44. The Morgan fingerprint density at radius 3 is 2.57 bits per heavy atom. The second-order valence-corrected chi connectivity index (χ2v) is 5.54. The van der Waals surface area contributed by atoms with Crippen molar-refractivity contribution in [2.75, 3.05) is 11.9 Å². The normalized spacial score (nSPS) is 10.2. The van der Waals surface area contributed by atoms with Crippen molar-refractivity contribution < 1.29 is 14.0 Å². The Hall–Kier alpha value is -2.08. The lowest BCUT2D eigenvalue weighted by atomic mass is 10.2. The minimum Gasteiger partial charge on any atom is -0.459 e. The largest absolute Gasteiger partial charge is 0.459 e. The van der Waals surface area contributed by atoms with E-state index >= 15 is 0 Å². The number of amides is 2. The van der Waals surface area contributed by atoms with E-state index in [4.69, 9.17) is 4.42 Å². The minimum absolute atomic E-state index is 0.117. The number of hydrogen-bond donors (Lipinski definition) is 2. The second-order valence-electron chi connectivity index (χ2n) is 4.62. The van der Waals surface area contributed by atoms with Gasteiger partial charge in [-0.25, -0.2) is 0 Å². The molecule has 1 aromatic heterocycles. The molecular formula is C15H15BrN2O3. The molecule has 2 amide bonds. The van der Waals surface area contributed by atoms with Gasteiger partial charge < -0.3 is 15.1 Å². The van der Waals surface area contributed by atoms with Crippen LogP contribution in [0.4, 0.5) is 5.69 Å². The van der Waals surface area contributed by atoms with Gasteiger partial charge in [-0.2, -0.15) is 0 Å². The molecule has 110 valence electrons. The first-order valence-corrected chi connectivity index (χ1v) is 7.15. The number of rotatable bonds is 4. The van der Waals surface area contributed by atoms with Gasteiger partial charge in [-0.1, -0.05) is 15.9 Å². The summed E-state index contributed by atoms with van der Waals surface area (Å²) in [5.41, 5.74) is 2.38. The van der Waals surface area contributed by atoms with Crippen LogP contribution in [-0.4, -0.2) is 18.4 Å². The standard InChI is InChI=1S/C15H15BrN2O3/c1-9-5-6-21-14(9)15(20)17-8-13(19)18-12-4-3-11(16)7-10(12)2/h3-7H,8H2,1-2H3,(H,17,20)(H,18,19). The molecule has 0 unspecified atom stereocenters. The predicted octanol–water partition coefficient (Wildman–Crippen LogP) is 3.03. The minimum atomic E-state index is -0.403. The first kappa shape index (κ1) is 15.3. The van der Waals surface area contributed by atoms with Crippen LogP contribution in [0.3, 0.4) is 0 Å². The molecule has 1 aromatic carbocycles. The van der Waals surface area contributed by atoms with Crippen molar-refractivity contribution >= 4 is 33.4 Å². The first-order valence-electron chi connectivity index (χ1n) is 6.35. The van der Waals surface area contributed by atoms with Gasteiger partial charge in [0.05, 0.1) is 12.8 Å². The van der Waals surface area contributed by atoms with Gasteiger partial charge in [-0.05, 0) is 43.7 Å². The number of furan rings is 1. The molecule has 0 spiro atoms. The van der Waals surface area contributed by atoms with Crippen LogP contribution in [0.15, 0.2) is 39.4 Å². The van der Waals surface area contributed by atoms with E-state index in [2.05, 4.69) is 26.6 Å². The molecule has 0 radical (unpaired) electrons. The monoisotopic (exact) mass is 350 g/mol. The lowest BCUT2D eigenvalue weighted by Gasteiger charge is -2.09. The van der Waals surface area contributed by atoms with Gasteiger partial charge in [0.25, 0.3) is 5.91 Å². The highest BCUT2D eigenvalue weighted by atomic mass is 79.9. The summed E-state index contributed by atoms with van der Waals surface area (Å²) < 4.78 is 6.00. The van der Waals surface area contributed by atoms with E-state index in [1.54, 1.807) is 19.1 Å². The molecule has 2 N–H and O–H groups in total. The Balaban J connectivity index is 1.90. The maximum absolute atomic E-state index is 11.8. The van der Waals surface area contributed by atoms with Gasteiger partial charge in [-0.3, -0.25) is 9.59 Å². The van der Waals surface area contributed by atoms with Crippen molar-refractivity contribution in [2.45, 2.75) is 13.8 Å². The summed E-state index contributed by atoms with van der Waals surface area (Å²) in [6.45, 7) is 3.54. The number of halogens is 1. The molecule has 6 heteroatoms. The maximum atomic E-state index is 11.8. The van der Waals surface area contributed by atoms with E-state index < -0.39 is 5.91 Å². The van der Waals surface area contributed by atoms with Crippen LogP contribution in [0.2, 0.25) is 0 Å². The molecule has 0 aliphatic carbocycles. The zero-order chi connectivity index (χ0) is 15.4. The van der Waals surface area contributed by atoms with Gasteiger partial charge in [-0.15, -0.1) is 0 Å². The number of benzene rings is 1. The van der Waals surface area contributed by atoms with E-state index in [0.29, 0.717) is 5.69 Å². The molecule has 0 saturated carbocycles. The lowest BCUT2D eigenvalue weighted by molar-refractivity contribution is -0.115. The molecular weight excluding hydrogens is 336 g/mol. The van der Waals surface area contributed by atoms with Crippen molar-refractivity contribution in [3.05, 3.63) is 51.9 Å². The van der Waals surface area contributed by atoms with Crippen LogP contribution in [0, 0.1) is 13.8 Å². The highest BCUT2D eigenvalue weighted by Gasteiger charge is 2.13. The molecule has 0 aliphatic rings. The summed E-state index contributed by atoms with van der Waals surface area (Å²) >= 11 is 3.36. The summed E-state index contributed by atoms with van der Waals surface area (Å²) in [5, 5.41) is 5.27. The SMILES string of the molecule is Cc1cc(Br)ccc1NC(=O)CNC(=O)c1occc1C. The maximum Gasteiger partial charge on any atom is 0.287 e. The van der Waals surface area contributed by atoms with Gasteiger partial charge in [0, 0.05) is 15.7 Å². The third-order valence-corrected chi connectivity index (χ3v) is 3.43. The smallest absolute Gasteiger partial charge is 0.287 e. The number of carbonyl (C=O) groups excluding carboxylic acids is 2. The van der Waals surface area contributed by atoms with Crippen LogP contribution in [0.1, 0.15) is 21.7 Å². The number of carbonyl (C=O) groups is 2. The van der Waals surface area contributed by atoms with E-state index in [1.807, 2.05) is 19.1 Å². The average Bonchev–Trinajstić information content (AvgIpc) is 2.85. The highest BCUT2D eigenvalue weighted by Crippen LogP contribution is 2.19. The quantitative estimate of drug-likeness (QED) is 0.890. The Labute approximate surface area is 130 Å². The predicted molar refractivity (Wildman–Crippen MR) is 83.3 cm³/mol. The molecule has 0 saturated heterocycles. The summed E-state index contributed by atoms with van der Waals surface area (Å²) in [4.78, 5) is 23.6. The molecule has 0 bridgehead atoms. The topological polar surface area (TPSA) is 71.3 Å². The van der Waals surface area contributed by atoms with Crippen molar-refractivity contribution in [1.82, 2.24) is 5.32 Å². The first-order chi connectivity index (χ1) is 9.97. The number of nitrogens with one attached hydrogen (secondary N) is 2. The molecule has 2 rings (SSSR count). The third kappa shape index (κ3) is 3.95.